The standard InChI is InChI=1S/C23H21ClN2O5S2/c1-26(2)21(27)17-6-4-3-5-16(17)18-13-23(18,22(28)29)25-33(30,31)20-12-11-19(32-20)14-7-9-15(24)10-8-14/h3-12,18,25H,13H2,1-2H3,(H,28,29). The van der Waals surface area contributed by atoms with E-state index in [2.05, 4.69) is 4.72 Å². The van der Waals surface area contributed by atoms with E-state index in [4.69, 9.17) is 11.6 Å². The van der Waals surface area contributed by atoms with Gasteiger partial charge in [-0.25, -0.2) is 8.42 Å². The van der Waals surface area contributed by atoms with Crippen LogP contribution < -0.4 is 4.72 Å². The predicted molar refractivity (Wildman–Crippen MR) is 127 cm³/mol. The molecule has 4 rings (SSSR count). The van der Waals surface area contributed by atoms with Crippen molar-refractivity contribution in [2.45, 2.75) is 22.1 Å². The lowest BCUT2D eigenvalue weighted by molar-refractivity contribution is -0.140. The smallest absolute Gasteiger partial charge is 0.325 e. The first-order valence-corrected chi connectivity index (χ1v) is 12.7. The predicted octanol–water partition coefficient (Wildman–Crippen LogP) is 4.06. The molecule has 0 spiro atoms. The Kier molecular flexibility index (Phi) is 6.09. The molecule has 1 aliphatic carbocycles. The van der Waals surface area contributed by atoms with Crippen LogP contribution in [0.25, 0.3) is 10.4 Å². The van der Waals surface area contributed by atoms with Crippen molar-refractivity contribution >= 4 is 44.8 Å². The number of carboxylic acid groups (broad SMARTS) is 1. The summed E-state index contributed by atoms with van der Waals surface area (Å²) in [6, 6.07) is 16.8. The van der Waals surface area contributed by atoms with Crippen molar-refractivity contribution in [3.8, 4) is 10.4 Å². The maximum absolute atomic E-state index is 13.1. The second-order valence-electron chi connectivity index (χ2n) is 8.05. The fourth-order valence-electron chi connectivity index (χ4n) is 3.79. The van der Waals surface area contributed by atoms with E-state index in [0.717, 1.165) is 16.9 Å². The number of benzene rings is 2. The number of halogens is 1. The summed E-state index contributed by atoms with van der Waals surface area (Å²) in [5.74, 6) is -2.22. The van der Waals surface area contributed by atoms with Crippen LogP contribution >= 0.6 is 22.9 Å². The molecular formula is C23H21ClN2O5S2. The monoisotopic (exact) mass is 504 g/mol. The molecule has 2 atom stereocenters. The fraction of sp³-hybridized carbons (Fsp3) is 0.217. The highest BCUT2D eigenvalue weighted by Gasteiger charge is 2.64. The molecule has 0 saturated heterocycles. The maximum Gasteiger partial charge on any atom is 0.325 e. The highest BCUT2D eigenvalue weighted by molar-refractivity contribution is 7.91. The molecule has 2 aromatic carbocycles. The van der Waals surface area contributed by atoms with Crippen LogP contribution in [-0.4, -0.2) is 49.9 Å². The lowest BCUT2D eigenvalue weighted by Gasteiger charge is -2.17. The van der Waals surface area contributed by atoms with Crippen LogP contribution in [0.5, 0.6) is 0 Å². The van der Waals surface area contributed by atoms with Crippen LogP contribution in [-0.2, 0) is 14.8 Å². The molecule has 7 nitrogen and oxygen atoms in total. The Bertz CT molecular complexity index is 1330. The number of carbonyl (C=O) groups excluding carboxylic acids is 1. The third-order valence-electron chi connectivity index (χ3n) is 5.61. The van der Waals surface area contributed by atoms with Gasteiger partial charge >= 0.3 is 5.97 Å². The molecule has 172 valence electrons. The largest absolute Gasteiger partial charge is 0.480 e. The minimum atomic E-state index is -4.12. The molecule has 1 heterocycles. The van der Waals surface area contributed by atoms with E-state index >= 15 is 0 Å². The van der Waals surface area contributed by atoms with Crippen LogP contribution in [0.1, 0.15) is 28.3 Å². The zero-order valence-electron chi connectivity index (χ0n) is 17.8. The van der Waals surface area contributed by atoms with Gasteiger partial charge in [0.25, 0.3) is 15.9 Å². The number of hydrogen-bond donors (Lipinski definition) is 2. The van der Waals surface area contributed by atoms with Crippen molar-refractivity contribution in [3.63, 3.8) is 0 Å². The maximum atomic E-state index is 13.1. The van der Waals surface area contributed by atoms with Gasteiger partial charge in [0, 0.05) is 35.5 Å². The van der Waals surface area contributed by atoms with Gasteiger partial charge in [-0.1, -0.05) is 41.9 Å². The average Bonchev–Trinajstić information content (AvgIpc) is 3.26. The van der Waals surface area contributed by atoms with Crippen molar-refractivity contribution in [3.05, 3.63) is 76.8 Å². The highest BCUT2D eigenvalue weighted by atomic mass is 35.5. The molecule has 2 N–H and O–H groups in total. The van der Waals surface area contributed by atoms with E-state index in [1.807, 2.05) is 0 Å². The number of hydrogen-bond acceptors (Lipinski definition) is 5. The number of nitrogens with zero attached hydrogens (tertiary/aromatic N) is 1. The lowest BCUT2D eigenvalue weighted by atomic mass is 9.99. The molecule has 0 aliphatic heterocycles. The first-order chi connectivity index (χ1) is 15.5. The third kappa shape index (κ3) is 4.41. The zero-order valence-corrected chi connectivity index (χ0v) is 20.2. The topological polar surface area (TPSA) is 104 Å². The Hall–Kier alpha value is -2.72. The molecule has 33 heavy (non-hydrogen) atoms. The molecule has 0 bridgehead atoms. The first-order valence-electron chi connectivity index (χ1n) is 9.99. The summed E-state index contributed by atoms with van der Waals surface area (Å²) in [7, 11) is -0.909. The summed E-state index contributed by atoms with van der Waals surface area (Å²) < 4.78 is 28.7. The van der Waals surface area contributed by atoms with Gasteiger partial charge in [-0.3, -0.25) is 9.59 Å². The fourth-order valence-corrected chi connectivity index (χ4v) is 6.63. The normalized spacial score (nSPS) is 19.8. The van der Waals surface area contributed by atoms with E-state index in [-0.39, 0.29) is 16.5 Å². The van der Waals surface area contributed by atoms with Crippen LogP contribution in [0.2, 0.25) is 5.02 Å². The molecule has 1 aliphatic rings. The number of thiophene rings is 1. The van der Waals surface area contributed by atoms with Gasteiger partial charge in [-0.2, -0.15) is 4.72 Å². The summed E-state index contributed by atoms with van der Waals surface area (Å²) in [6.45, 7) is 0. The summed E-state index contributed by atoms with van der Waals surface area (Å²) in [6.07, 6.45) is 0.0503. The SMILES string of the molecule is CN(C)C(=O)c1ccccc1C1CC1(NS(=O)(=O)c1ccc(-c2ccc(Cl)cc2)s1)C(=O)O. The van der Waals surface area contributed by atoms with Crippen molar-refractivity contribution < 1.29 is 23.1 Å². The quantitative estimate of drug-likeness (QED) is 0.505. The van der Waals surface area contributed by atoms with E-state index in [1.165, 1.54) is 11.0 Å². The number of sulfonamides is 1. The summed E-state index contributed by atoms with van der Waals surface area (Å²) >= 11 is 6.96. The molecule has 1 saturated carbocycles. The Labute approximate surface area is 200 Å². The van der Waals surface area contributed by atoms with E-state index in [0.29, 0.717) is 21.0 Å². The first kappa shape index (κ1) is 23.4. The van der Waals surface area contributed by atoms with Gasteiger partial charge in [0.05, 0.1) is 0 Å². The molecule has 1 aromatic heterocycles. The van der Waals surface area contributed by atoms with E-state index < -0.39 is 27.4 Å². The van der Waals surface area contributed by atoms with Crippen molar-refractivity contribution in [1.82, 2.24) is 9.62 Å². The van der Waals surface area contributed by atoms with Crippen LogP contribution in [0.4, 0.5) is 0 Å². The van der Waals surface area contributed by atoms with Gasteiger partial charge in [-0.05, 0) is 47.9 Å². The Morgan fingerprint density at radius 3 is 2.39 bits per heavy atom. The third-order valence-corrected chi connectivity index (χ3v) is 8.99. The number of amides is 1. The zero-order chi connectivity index (χ0) is 24.0. The van der Waals surface area contributed by atoms with Gasteiger partial charge in [0.2, 0.25) is 0 Å². The molecule has 0 radical (unpaired) electrons. The van der Waals surface area contributed by atoms with Gasteiger partial charge < -0.3 is 10.0 Å². The number of carboxylic acids is 1. The van der Waals surface area contributed by atoms with Gasteiger partial charge in [0.15, 0.2) is 0 Å². The minimum Gasteiger partial charge on any atom is -0.480 e. The van der Waals surface area contributed by atoms with Crippen molar-refractivity contribution in [2.24, 2.45) is 0 Å². The Morgan fingerprint density at radius 1 is 1.09 bits per heavy atom. The van der Waals surface area contributed by atoms with E-state index in [9.17, 15) is 23.1 Å². The number of rotatable bonds is 7. The van der Waals surface area contributed by atoms with Crippen LogP contribution in [0.3, 0.4) is 0 Å². The van der Waals surface area contributed by atoms with Crippen LogP contribution in [0.15, 0.2) is 64.9 Å². The Morgan fingerprint density at radius 2 is 1.76 bits per heavy atom. The summed E-state index contributed by atoms with van der Waals surface area (Å²) in [5, 5.41) is 10.5. The summed E-state index contributed by atoms with van der Waals surface area (Å²) in [5.41, 5.74) is -0.0455. The molecule has 2 unspecified atom stereocenters. The molecular weight excluding hydrogens is 484 g/mol. The molecule has 1 amide bonds. The molecule has 3 aromatic rings. The lowest BCUT2D eigenvalue weighted by Crippen LogP contribution is -2.44. The van der Waals surface area contributed by atoms with Gasteiger partial charge in [-0.15, -0.1) is 11.3 Å². The average molecular weight is 505 g/mol. The van der Waals surface area contributed by atoms with Crippen molar-refractivity contribution in [2.75, 3.05) is 14.1 Å². The number of nitrogens with one attached hydrogen (secondary N) is 1. The summed E-state index contributed by atoms with van der Waals surface area (Å²) in [4.78, 5) is 26.9. The number of carbonyl (C=O) groups is 2. The molecule has 1 fully saturated rings. The Balaban J connectivity index is 1.64. The van der Waals surface area contributed by atoms with Crippen LogP contribution in [0, 0.1) is 0 Å². The van der Waals surface area contributed by atoms with E-state index in [1.54, 1.807) is 68.7 Å². The molecule has 10 heteroatoms. The second kappa shape index (κ2) is 8.57. The van der Waals surface area contributed by atoms with Gasteiger partial charge in [0.1, 0.15) is 9.75 Å². The number of aliphatic carboxylic acids is 1. The highest BCUT2D eigenvalue weighted by Crippen LogP contribution is 2.53. The second-order valence-corrected chi connectivity index (χ2v) is 11.5. The minimum absolute atomic E-state index is 0.0105. The van der Waals surface area contributed by atoms with Crippen molar-refractivity contribution in [1.29, 1.82) is 0 Å².